The molecule has 2 aromatic rings. The molecule has 4 nitrogen and oxygen atoms in total. The van der Waals surface area contributed by atoms with Gasteiger partial charge < -0.3 is 15.1 Å². The van der Waals surface area contributed by atoms with Crippen molar-refractivity contribution in [2.45, 2.75) is 6.54 Å². The van der Waals surface area contributed by atoms with Gasteiger partial charge in [0, 0.05) is 48.0 Å². The summed E-state index contributed by atoms with van der Waals surface area (Å²) in [6.07, 6.45) is 0. The lowest BCUT2D eigenvalue weighted by molar-refractivity contribution is 0.373. The molecule has 0 amide bonds. The molecule has 1 saturated heterocycles. The molecule has 0 atom stereocenters. The van der Waals surface area contributed by atoms with Gasteiger partial charge >= 0.3 is 0 Å². The summed E-state index contributed by atoms with van der Waals surface area (Å²) in [6, 6.07) is 6.47. The third kappa shape index (κ3) is 3.83. The number of hydrogen-bond donors (Lipinski definition) is 1. The van der Waals surface area contributed by atoms with Gasteiger partial charge in [-0.05, 0) is 39.5 Å². The average Bonchev–Trinajstić information content (AvgIpc) is 3.20. The van der Waals surface area contributed by atoms with E-state index in [1.165, 1.54) is 9.88 Å². The van der Waals surface area contributed by atoms with Crippen LogP contribution in [0.2, 0.25) is 0 Å². The van der Waals surface area contributed by atoms with Crippen LogP contribution in [-0.4, -0.2) is 44.1 Å². The molecule has 0 aromatic carbocycles. The summed E-state index contributed by atoms with van der Waals surface area (Å²) in [6.45, 7) is 4.93. The van der Waals surface area contributed by atoms with Crippen LogP contribution < -0.4 is 10.2 Å². The van der Waals surface area contributed by atoms with Crippen LogP contribution in [-0.2, 0) is 6.54 Å². The van der Waals surface area contributed by atoms with Gasteiger partial charge in [0.05, 0.1) is 11.5 Å². The maximum absolute atomic E-state index is 4.43. The van der Waals surface area contributed by atoms with E-state index >= 15 is 0 Å². The van der Waals surface area contributed by atoms with E-state index in [1.807, 2.05) is 18.4 Å². The van der Waals surface area contributed by atoms with Gasteiger partial charge in [0.2, 0.25) is 0 Å². The van der Waals surface area contributed by atoms with Crippen LogP contribution in [0, 0.1) is 0 Å². The summed E-state index contributed by atoms with van der Waals surface area (Å²) < 4.78 is 1.15. The summed E-state index contributed by atoms with van der Waals surface area (Å²) in [7, 11) is 1.86. The predicted molar refractivity (Wildman–Crippen MR) is 100 cm³/mol. The van der Waals surface area contributed by atoms with E-state index in [0.717, 1.165) is 43.2 Å². The van der Waals surface area contributed by atoms with Crippen LogP contribution in [0.25, 0.3) is 0 Å². The molecule has 1 aliphatic heterocycles. The summed E-state index contributed by atoms with van der Waals surface area (Å²) in [4.78, 5) is 10.5. The Morgan fingerprint density at radius 1 is 1.32 bits per heavy atom. The van der Waals surface area contributed by atoms with Crippen molar-refractivity contribution < 1.29 is 0 Å². The number of nitrogens with one attached hydrogen (secondary N) is 1. The minimum atomic E-state index is 0.827. The fourth-order valence-corrected chi connectivity index (χ4v) is 4.71. The highest BCUT2D eigenvalue weighted by Crippen LogP contribution is 2.22. The van der Waals surface area contributed by atoms with Crippen LogP contribution in [0.5, 0.6) is 0 Å². The Morgan fingerprint density at radius 3 is 2.73 bits per heavy atom. The minimum absolute atomic E-state index is 0.827. The van der Waals surface area contributed by atoms with E-state index in [2.05, 4.69) is 65.0 Å². The first kappa shape index (κ1) is 15.8. The fourth-order valence-electron chi connectivity index (χ4n) is 2.53. The Labute approximate surface area is 147 Å². The van der Waals surface area contributed by atoms with Gasteiger partial charge in [0.15, 0.2) is 5.96 Å². The predicted octanol–water partition coefficient (Wildman–Crippen LogP) is 3.47. The number of guanidine groups is 1. The van der Waals surface area contributed by atoms with Crippen molar-refractivity contribution in [2.24, 2.45) is 4.99 Å². The number of aliphatic imine (C=N–C) groups is 1. The maximum Gasteiger partial charge on any atom is 0.194 e. The van der Waals surface area contributed by atoms with Crippen molar-refractivity contribution in [3.05, 3.63) is 38.3 Å². The second-order valence-electron chi connectivity index (χ2n) is 5.06. The Kier molecular flexibility index (Phi) is 5.38. The summed E-state index contributed by atoms with van der Waals surface area (Å²) in [5.41, 5.74) is 0. The second-order valence-corrected chi connectivity index (χ2v) is 7.89. The molecule has 3 rings (SSSR count). The number of rotatable bonds is 3. The lowest BCUT2D eigenvalue weighted by Crippen LogP contribution is -2.52. The molecule has 3 heterocycles. The molecular formula is C15H19BrN4S2. The molecule has 1 fully saturated rings. The van der Waals surface area contributed by atoms with Gasteiger partial charge in [-0.25, -0.2) is 0 Å². The third-order valence-corrected chi connectivity index (χ3v) is 6.28. The van der Waals surface area contributed by atoms with E-state index in [4.69, 9.17) is 0 Å². The quantitative estimate of drug-likeness (QED) is 0.634. The molecule has 2 aromatic heterocycles. The lowest BCUT2D eigenvalue weighted by atomic mass is 10.3. The van der Waals surface area contributed by atoms with E-state index in [1.54, 1.807) is 11.3 Å². The normalized spacial score (nSPS) is 16.2. The van der Waals surface area contributed by atoms with Crippen molar-refractivity contribution in [1.29, 1.82) is 0 Å². The first-order chi connectivity index (χ1) is 10.8. The summed E-state index contributed by atoms with van der Waals surface area (Å²) in [5, 5.41) is 9.09. The number of nitrogens with zero attached hydrogens (tertiary/aromatic N) is 3. The zero-order valence-corrected chi connectivity index (χ0v) is 15.7. The van der Waals surface area contributed by atoms with Crippen molar-refractivity contribution in [3.8, 4) is 0 Å². The number of anilines is 1. The molecule has 0 radical (unpaired) electrons. The third-order valence-electron chi connectivity index (χ3n) is 3.65. The van der Waals surface area contributed by atoms with Crippen LogP contribution in [0.15, 0.2) is 38.4 Å². The molecule has 1 N–H and O–H groups in total. The standard InChI is InChI=1S/C15H19BrN4S2/c1-17-15(18-10-13-9-12(16)11-22-13)20-6-4-19(5-7-20)14-3-2-8-21-14/h2-3,8-9,11H,4-7,10H2,1H3,(H,17,18). The van der Waals surface area contributed by atoms with Crippen LogP contribution >= 0.6 is 38.6 Å². The number of halogens is 1. The monoisotopic (exact) mass is 398 g/mol. The lowest BCUT2D eigenvalue weighted by Gasteiger charge is -2.37. The van der Waals surface area contributed by atoms with Crippen molar-refractivity contribution in [1.82, 2.24) is 10.2 Å². The minimum Gasteiger partial charge on any atom is -0.360 e. The van der Waals surface area contributed by atoms with E-state index in [-0.39, 0.29) is 0 Å². The molecule has 0 unspecified atom stereocenters. The Hall–Kier alpha value is -1.05. The average molecular weight is 399 g/mol. The summed E-state index contributed by atoms with van der Waals surface area (Å²) in [5.74, 6) is 0.996. The first-order valence-electron chi connectivity index (χ1n) is 7.23. The molecule has 0 bridgehead atoms. The largest absolute Gasteiger partial charge is 0.360 e. The highest BCUT2D eigenvalue weighted by atomic mass is 79.9. The Morgan fingerprint density at radius 2 is 2.14 bits per heavy atom. The van der Waals surface area contributed by atoms with Crippen molar-refractivity contribution >= 4 is 49.6 Å². The van der Waals surface area contributed by atoms with Gasteiger partial charge in [-0.3, -0.25) is 4.99 Å². The zero-order valence-electron chi connectivity index (χ0n) is 12.5. The van der Waals surface area contributed by atoms with Crippen molar-refractivity contribution in [2.75, 3.05) is 38.1 Å². The smallest absolute Gasteiger partial charge is 0.194 e. The van der Waals surface area contributed by atoms with Gasteiger partial charge in [-0.15, -0.1) is 22.7 Å². The van der Waals surface area contributed by atoms with Crippen LogP contribution in [0.4, 0.5) is 5.00 Å². The first-order valence-corrected chi connectivity index (χ1v) is 9.78. The number of piperazine rings is 1. The molecule has 22 heavy (non-hydrogen) atoms. The van der Waals surface area contributed by atoms with Gasteiger partial charge in [0.25, 0.3) is 0 Å². The Bertz CT molecular complexity index is 615. The molecule has 0 aliphatic carbocycles. The molecule has 1 aliphatic rings. The van der Waals surface area contributed by atoms with E-state index in [0.29, 0.717) is 0 Å². The molecular weight excluding hydrogens is 380 g/mol. The zero-order chi connectivity index (χ0) is 15.4. The van der Waals surface area contributed by atoms with Crippen LogP contribution in [0.3, 0.4) is 0 Å². The number of thiophene rings is 2. The van der Waals surface area contributed by atoms with Crippen LogP contribution in [0.1, 0.15) is 4.88 Å². The summed E-state index contributed by atoms with van der Waals surface area (Å²) >= 11 is 7.07. The highest BCUT2D eigenvalue weighted by Gasteiger charge is 2.20. The van der Waals surface area contributed by atoms with E-state index in [9.17, 15) is 0 Å². The van der Waals surface area contributed by atoms with Gasteiger partial charge in [-0.1, -0.05) is 0 Å². The van der Waals surface area contributed by atoms with E-state index < -0.39 is 0 Å². The highest BCUT2D eigenvalue weighted by molar-refractivity contribution is 9.10. The van der Waals surface area contributed by atoms with Crippen molar-refractivity contribution in [3.63, 3.8) is 0 Å². The second kappa shape index (κ2) is 7.48. The Balaban J connectivity index is 1.52. The SMILES string of the molecule is CN=C(NCc1cc(Br)cs1)N1CCN(c2cccs2)CC1. The topological polar surface area (TPSA) is 30.9 Å². The maximum atomic E-state index is 4.43. The van der Waals surface area contributed by atoms with Gasteiger partial charge in [0.1, 0.15) is 0 Å². The molecule has 7 heteroatoms. The fraction of sp³-hybridized carbons (Fsp3) is 0.400. The molecule has 118 valence electrons. The molecule has 0 saturated carbocycles. The number of hydrogen-bond acceptors (Lipinski definition) is 4. The van der Waals surface area contributed by atoms with Gasteiger partial charge in [-0.2, -0.15) is 0 Å². The molecule has 0 spiro atoms.